The highest BCUT2D eigenvalue weighted by Gasteiger charge is 2.23. The fourth-order valence-electron chi connectivity index (χ4n) is 2.91. The lowest BCUT2D eigenvalue weighted by Gasteiger charge is -2.25. The lowest BCUT2D eigenvalue weighted by atomic mass is 10.1. The van der Waals surface area contributed by atoms with Gasteiger partial charge >= 0.3 is 0 Å². The number of hydrogen-bond acceptors (Lipinski definition) is 3. The van der Waals surface area contributed by atoms with Crippen LogP contribution in [0.15, 0.2) is 41.2 Å². The molecule has 0 fully saturated rings. The number of carbonyl (C=O) groups excluding carboxylic acids is 1. The summed E-state index contributed by atoms with van der Waals surface area (Å²) in [5, 5.41) is 4.92. The molecule has 106 valence electrons. The molecule has 0 saturated heterocycles. The zero-order chi connectivity index (χ0) is 14.2. The first-order valence-corrected chi connectivity index (χ1v) is 7.06. The monoisotopic (exact) mass is 281 g/mol. The van der Waals surface area contributed by atoms with Crippen molar-refractivity contribution in [2.45, 2.75) is 19.4 Å². The summed E-state index contributed by atoms with van der Waals surface area (Å²) in [6, 6.07) is 8.05. The van der Waals surface area contributed by atoms with Crippen LogP contribution in [0.5, 0.6) is 0 Å². The van der Waals surface area contributed by atoms with Gasteiger partial charge in [0.2, 0.25) is 5.91 Å². The van der Waals surface area contributed by atoms with E-state index in [1.165, 1.54) is 0 Å². The van der Waals surface area contributed by atoms with Gasteiger partial charge in [0.25, 0.3) is 0 Å². The van der Waals surface area contributed by atoms with Crippen LogP contribution in [-0.4, -0.2) is 27.5 Å². The fraction of sp³-hybridized carbons (Fsp3) is 0.250. The van der Waals surface area contributed by atoms with Gasteiger partial charge in [0, 0.05) is 35.6 Å². The summed E-state index contributed by atoms with van der Waals surface area (Å²) in [4.78, 5) is 17.6. The molecule has 5 heteroatoms. The Morgan fingerprint density at radius 1 is 1.38 bits per heavy atom. The number of amides is 1. The van der Waals surface area contributed by atoms with Crippen molar-refractivity contribution < 1.29 is 9.32 Å². The molecule has 1 aliphatic rings. The molecule has 1 aromatic carbocycles. The summed E-state index contributed by atoms with van der Waals surface area (Å²) in [5.74, 6) is 1.05. The fourth-order valence-corrected chi connectivity index (χ4v) is 2.91. The minimum absolute atomic E-state index is 0.145. The first-order valence-electron chi connectivity index (χ1n) is 7.06. The highest BCUT2D eigenvalue weighted by molar-refractivity contribution is 5.88. The Labute approximate surface area is 121 Å². The van der Waals surface area contributed by atoms with Gasteiger partial charge in [0.05, 0.1) is 19.2 Å². The average molecular weight is 281 g/mol. The van der Waals surface area contributed by atoms with Crippen LogP contribution in [-0.2, 0) is 24.2 Å². The number of rotatable bonds is 2. The molecule has 21 heavy (non-hydrogen) atoms. The predicted molar refractivity (Wildman–Crippen MR) is 77.6 cm³/mol. The Hall–Kier alpha value is -2.56. The van der Waals surface area contributed by atoms with Crippen molar-refractivity contribution in [3.05, 3.63) is 53.5 Å². The van der Waals surface area contributed by atoms with Gasteiger partial charge < -0.3 is 14.4 Å². The smallest absolute Gasteiger partial charge is 0.227 e. The number of aromatic amines is 1. The van der Waals surface area contributed by atoms with Crippen molar-refractivity contribution >= 4 is 16.8 Å². The molecular weight excluding hydrogens is 266 g/mol. The van der Waals surface area contributed by atoms with Gasteiger partial charge in [-0.15, -0.1) is 0 Å². The summed E-state index contributed by atoms with van der Waals surface area (Å²) in [5.41, 5.74) is 3.14. The SMILES string of the molecule is O=C(Cc1c[nH]c2ccccc12)N1CCc2oncc2C1. The van der Waals surface area contributed by atoms with Crippen LogP contribution >= 0.6 is 0 Å². The van der Waals surface area contributed by atoms with E-state index in [9.17, 15) is 4.79 Å². The highest BCUT2D eigenvalue weighted by Crippen LogP contribution is 2.22. The van der Waals surface area contributed by atoms with Crippen LogP contribution in [0.3, 0.4) is 0 Å². The number of para-hydroxylation sites is 1. The maximum absolute atomic E-state index is 12.5. The summed E-state index contributed by atoms with van der Waals surface area (Å²) in [6.07, 6.45) is 4.80. The van der Waals surface area contributed by atoms with Crippen molar-refractivity contribution in [3.63, 3.8) is 0 Å². The molecule has 0 bridgehead atoms. The molecule has 1 amide bonds. The maximum atomic E-state index is 12.5. The van der Waals surface area contributed by atoms with Crippen molar-refractivity contribution in [1.82, 2.24) is 15.0 Å². The normalized spacial score (nSPS) is 14.4. The van der Waals surface area contributed by atoms with E-state index < -0.39 is 0 Å². The average Bonchev–Trinajstić information content (AvgIpc) is 3.13. The van der Waals surface area contributed by atoms with Crippen LogP contribution in [0.2, 0.25) is 0 Å². The molecule has 0 aliphatic carbocycles. The number of hydrogen-bond donors (Lipinski definition) is 1. The molecule has 3 heterocycles. The van der Waals surface area contributed by atoms with Crippen LogP contribution in [0.1, 0.15) is 16.9 Å². The van der Waals surface area contributed by atoms with Crippen LogP contribution < -0.4 is 0 Å². The van der Waals surface area contributed by atoms with E-state index in [-0.39, 0.29) is 5.91 Å². The zero-order valence-electron chi connectivity index (χ0n) is 11.5. The van der Waals surface area contributed by atoms with E-state index in [1.807, 2.05) is 35.4 Å². The predicted octanol–water partition coefficient (Wildman–Crippen LogP) is 2.28. The second-order valence-corrected chi connectivity index (χ2v) is 5.38. The van der Waals surface area contributed by atoms with Crippen LogP contribution in [0, 0.1) is 0 Å². The Kier molecular flexibility index (Phi) is 2.77. The van der Waals surface area contributed by atoms with Gasteiger partial charge in [-0.1, -0.05) is 23.4 Å². The second kappa shape index (κ2) is 4.77. The number of nitrogens with one attached hydrogen (secondary N) is 1. The summed E-state index contributed by atoms with van der Waals surface area (Å²) >= 11 is 0. The third-order valence-corrected chi connectivity index (χ3v) is 4.07. The third kappa shape index (κ3) is 2.11. The highest BCUT2D eigenvalue weighted by atomic mass is 16.5. The Bertz CT molecular complexity index is 803. The summed E-state index contributed by atoms with van der Waals surface area (Å²) < 4.78 is 5.15. The number of aromatic nitrogens is 2. The number of nitrogens with zero attached hydrogens (tertiary/aromatic N) is 2. The molecule has 0 saturated carbocycles. The molecule has 0 radical (unpaired) electrons. The van der Waals surface area contributed by atoms with Gasteiger partial charge in [-0.05, 0) is 11.6 Å². The lowest BCUT2D eigenvalue weighted by molar-refractivity contribution is -0.131. The zero-order valence-corrected chi connectivity index (χ0v) is 11.5. The first-order chi connectivity index (χ1) is 10.3. The maximum Gasteiger partial charge on any atom is 0.227 e. The molecule has 1 N–H and O–H groups in total. The summed E-state index contributed by atoms with van der Waals surface area (Å²) in [7, 11) is 0. The number of carbonyl (C=O) groups is 1. The second-order valence-electron chi connectivity index (χ2n) is 5.38. The molecule has 3 aromatic rings. The standard InChI is InChI=1S/C16H15N3O2/c20-16(19-6-5-15-12(10-19)9-18-21-15)7-11-8-17-14-4-2-1-3-13(11)14/h1-4,8-9,17H,5-7,10H2. The van der Waals surface area contributed by atoms with Gasteiger partial charge in [0.15, 0.2) is 0 Å². The van der Waals surface area contributed by atoms with E-state index in [4.69, 9.17) is 4.52 Å². The quantitative estimate of drug-likeness (QED) is 0.784. The van der Waals surface area contributed by atoms with Crippen molar-refractivity contribution in [2.75, 3.05) is 6.54 Å². The van der Waals surface area contributed by atoms with Gasteiger partial charge in [-0.2, -0.15) is 0 Å². The van der Waals surface area contributed by atoms with E-state index in [0.29, 0.717) is 19.5 Å². The molecule has 0 spiro atoms. The number of benzene rings is 1. The molecule has 5 nitrogen and oxygen atoms in total. The van der Waals surface area contributed by atoms with Crippen LogP contribution in [0.25, 0.3) is 10.9 Å². The minimum Gasteiger partial charge on any atom is -0.361 e. The topological polar surface area (TPSA) is 62.1 Å². The van der Waals surface area contributed by atoms with Gasteiger partial charge in [0.1, 0.15) is 5.76 Å². The lowest BCUT2D eigenvalue weighted by Crippen LogP contribution is -2.36. The Morgan fingerprint density at radius 2 is 2.29 bits per heavy atom. The largest absolute Gasteiger partial charge is 0.361 e. The molecule has 2 aromatic heterocycles. The van der Waals surface area contributed by atoms with Crippen molar-refractivity contribution in [1.29, 1.82) is 0 Å². The van der Waals surface area contributed by atoms with E-state index in [2.05, 4.69) is 10.1 Å². The van der Waals surface area contributed by atoms with E-state index >= 15 is 0 Å². The Morgan fingerprint density at radius 3 is 3.24 bits per heavy atom. The molecular formula is C16H15N3O2. The van der Waals surface area contributed by atoms with E-state index in [1.54, 1.807) is 6.20 Å². The molecule has 0 atom stereocenters. The van der Waals surface area contributed by atoms with Gasteiger partial charge in [-0.3, -0.25) is 4.79 Å². The first kappa shape index (κ1) is 12.2. The molecule has 0 unspecified atom stereocenters. The van der Waals surface area contributed by atoms with Crippen molar-refractivity contribution in [3.8, 4) is 0 Å². The molecule has 1 aliphatic heterocycles. The number of H-pyrrole nitrogens is 1. The van der Waals surface area contributed by atoms with E-state index in [0.717, 1.165) is 34.2 Å². The molecule has 4 rings (SSSR count). The Balaban J connectivity index is 1.54. The summed E-state index contributed by atoms with van der Waals surface area (Å²) in [6.45, 7) is 1.30. The van der Waals surface area contributed by atoms with Gasteiger partial charge in [-0.25, -0.2) is 0 Å². The number of fused-ring (bicyclic) bond motifs is 2. The minimum atomic E-state index is 0.145. The van der Waals surface area contributed by atoms with Crippen LogP contribution in [0.4, 0.5) is 0 Å². The van der Waals surface area contributed by atoms with Crippen molar-refractivity contribution in [2.24, 2.45) is 0 Å². The third-order valence-electron chi connectivity index (χ3n) is 4.07.